The van der Waals surface area contributed by atoms with Crippen LogP contribution in [-0.2, 0) is 4.79 Å². The summed E-state index contributed by atoms with van der Waals surface area (Å²) in [5, 5.41) is 23.3. The number of carbonyl (C=O) groups is 2. The Hall–Kier alpha value is -3.79. The highest BCUT2D eigenvalue weighted by Gasteiger charge is 2.09. The van der Waals surface area contributed by atoms with Gasteiger partial charge in [-0.1, -0.05) is 6.07 Å². The molecule has 0 bridgehead atoms. The van der Waals surface area contributed by atoms with E-state index in [0.29, 0.717) is 17.1 Å². The lowest BCUT2D eigenvalue weighted by atomic mass is 10.2. The van der Waals surface area contributed by atoms with E-state index in [1.807, 2.05) is 0 Å². The number of nitrogens with one attached hydrogen (secondary N) is 2. The van der Waals surface area contributed by atoms with Crippen LogP contribution in [0.1, 0.15) is 10.4 Å². The number of hydrogen-bond acceptors (Lipinski definition) is 5. The van der Waals surface area contributed by atoms with E-state index < -0.39 is 11.9 Å². The minimum atomic E-state index is -1.07. The number of nitrogens with zero attached hydrogens (tertiary/aromatic N) is 1. The van der Waals surface area contributed by atoms with Gasteiger partial charge in [-0.25, -0.2) is 4.79 Å². The molecule has 7 heteroatoms. The number of nitrogen functional groups attached to an aromatic ring is 1. The average molecular weight is 322 g/mol. The zero-order valence-corrected chi connectivity index (χ0v) is 12.5. The molecular formula is C17H14N4O3. The number of nitriles is 1. The van der Waals surface area contributed by atoms with Crippen molar-refractivity contribution in [2.75, 3.05) is 16.4 Å². The smallest absolute Gasteiger partial charge is 0.335 e. The lowest BCUT2D eigenvalue weighted by Gasteiger charge is -2.06. The van der Waals surface area contributed by atoms with E-state index in [1.54, 1.807) is 42.5 Å². The Balaban J connectivity index is 2.10. The second-order valence-corrected chi connectivity index (χ2v) is 4.78. The predicted molar refractivity (Wildman–Crippen MR) is 90.2 cm³/mol. The van der Waals surface area contributed by atoms with Crippen molar-refractivity contribution in [3.05, 3.63) is 65.9 Å². The number of carbonyl (C=O) groups excluding carboxylic acids is 1. The maximum absolute atomic E-state index is 12.1. The Morgan fingerprint density at radius 3 is 2.46 bits per heavy atom. The van der Waals surface area contributed by atoms with Gasteiger partial charge in [-0.05, 0) is 42.5 Å². The van der Waals surface area contributed by atoms with Gasteiger partial charge in [0.25, 0.3) is 5.91 Å². The van der Waals surface area contributed by atoms with Crippen molar-refractivity contribution in [3.63, 3.8) is 0 Å². The van der Waals surface area contributed by atoms with Crippen molar-refractivity contribution in [2.24, 2.45) is 0 Å². The van der Waals surface area contributed by atoms with Crippen molar-refractivity contribution in [1.29, 1.82) is 5.26 Å². The Labute approximate surface area is 138 Å². The maximum atomic E-state index is 12.1. The summed E-state index contributed by atoms with van der Waals surface area (Å²) in [7, 11) is 0. The number of benzene rings is 2. The molecule has 0 radical (unpaired) electrons. The van der Waals surface area contributed by atoms with E-state index in [1.165, 1.54) is 18.3 Å². The molecule has 0 saturated carbocycles. The molecule has 0 aliphatic rings. The van der Waals surface area contributed by atoms with E-state index >= 15 is 0 Å². The Bertz CT molecular complexity index is 836. The summed E-state index contributed by atoms with van der Waals surface area (Å²) in [6.07, 6.45) is 1.22. The van der Waals surface area contributed by atoms with Gasteiger partial charge in [-0.3, -0.25) is 4.79 Å². The molecule has 2 rings (SSSR count). The normalized spacial score (nSPS) is 10.5. The minimum absolute atomic E-state index is 0.0956. The standard InChI is InChI=1S/C17H14N4O3/c18-9-12(16(22)21-14-6-4-13(19)5-7-14)10-20-15-3-1-2-11(8-15)17(23)24/h1-8,10,20H,19H2,(H,21,22)(H,23,24)/b12-10-. The van der Waals surface area contributed by atoms with Gasteiger partial charge in [0.05, 0.1) is 5.56 Å². The van der Waals surface area contributed by atoms with Gasteiger partial charge in [0, 0.05) is 23.3 Å². The van der Waals surface area contributed by atoms with E-state index in [2.05, 4.69) is 10.6 Å². The first-order valence-electron chi connectivity index (χ1n) is 6.86. The highest BCUT2D eigenvalue weighted by molar-refractivity contribution is 6.06. The molecule has 2 aromatic rings. The van der Waals surface area contributed by atoms with Crippen molar-refractivity contribution >= 4 is 28.9 Å². The second-order valence-electron chi connectivity index (χ2n) is 4.78. The average Bonchev–Trinajstić information content (AvgIpc) is 2.57. The Morgan fingerprint density at radius 2 is 1.83 bits per heavy atom. The molecule has 1 amide bonds. The topological polar surface area (TPSA) is 128 Å². The third kappa shape index (κ3) is 4.35. The number of rotatable bonds is 5. The number of nitrogens with two attached hydrogens (primary N) is 1. The predicted octanol–water partition coefficient (Wildman–Crippen LogP) is 2.43. The van der Waals surface area contributed by atoms with Crippen LogP contribution in [0.3, 0.4) is 0 Å². The Kier molecular flexibility index (Phi) is 5.16. The molecule has 7 nitrogen and oxygen atoms in total. The van der Waals surface area contributed by atoms with Crippen LogP contribution in [0.25, 0.3) is 0 Å². The van der Waals surface area contributed by atoms with Gasteiger partial charge in [0.2, 0.25) is 0 Å². The molecule has 0 aromatic heterocycles. The summed E-state index contributed by atoms with van der Waals surface area (Å²) >= 11 is 0. The molecule has 120 valence electrons. The summed E-state index contributed by atoms with van der Waals surface area (Å²) in [5.74, 6) is -1.66. The van der Waals surface area contributed by atoms with Gasteiger partial charge >= 0.3 is 5.97 Å². The molecule has 0 atom stereocenters. The van der Waals surface area contributed by atoms with E-state index in [9.17, 15) is 9.59 Å². The SMILES string of the molecule is N#C/C(=C/Nc1cccc(C(=O)O)c1)C(=O)Nc1ccc(N)cc1. The quantitative estimate of drug-likeness (QED) is 0.380. The van der Waals surface area contributed by atoms with Gasteiger partial charge < -0.3 is 21.5 Å². The number of amides is 1. The molecule has 0 spiro atoms. The number of carboxylic acid groups (broad SMARTS) is 1. The van der Waals surface area contributed by atoms with Gasteiger partial charge in [0.15, 0.2) is 0 Å². The third-order valence-electron chi connectivity index (χ3n) is 3.03. The number of aromatic carboxylic acids is 1. The van der Waals surface area contributed by atoms with Crippen LogP contribution in [0.2, 0.25) is 0 Å². The van der Waals surface area contributed by atoms with Crippen molar-refractivity contribution < 1.29 is 14.7 Å². The van der Waals surface area contributed by atoms with Crippen LogP contribution < -0.4 is 16.4 Å². The molecule has 5 N–H and O–H groups in total. The first-order valence-corrected chi connectivity index (χ1v) is 6.86. The van der Waals surface area contributed by atoms with Crippen LogP contribution in [0.5, 0.6) is 0 Å². The van der Waals surface area contributed by atoms with Crippen LogP contribution in [0.4, 0.5) is 17.1 Å². The minimum Gasteiger partial charge on any atom is -0.478 e. The van der Waals surface area contributed by atoms with E-state index in [4.69, 9.17) is 16.1 Å². The molecule has 0 unspecified atom stereocenters. The molecular weight excluding hydrogens is 308 g/mol. The lowest BCUT2D eigenvalue weighted by molar-refractivity contribution is -0.112. The summed E-state index contributed by atoms with van der Waals surface area (Å²) in [5.41, 5.74) is 7.01. The summed E-state index contributed by atoms with van der Waals surface area (Å²) in [4.78, 5) is 23.0. The summed E-state index contributed by atoms with van der Waals surface area (Å²) in [6, 6.07) is 14.3. The van der Waals surface area contributed by atoms with Crippen LogP contribution in [0, 0.1) is 11.3 Å². The monoisotopic (exact) mass is 322 g/mol. The van der Waals surface area contributed by atoms with Crippen LogP contribution >= 0.6 is 0 Å². The molecule has 0 aliphatic carbocycles. The highest BCUT2D eigenvalue weighted by atomic mass is 16.4. The molecule has 0 fully saturated rings. The molecule has 0 saturated heterocycles. The van der Waals surface area contributed by atoms with Gasteiger partial charge in [0.1, 0.15) is 11.6 Å². The van der Waals surface area contributed by atoms with Crippen molar-refractivity contribution in [1.82, 2.24) is 0 Å². The number of hydrogen-bond donors (Lipinski definition) is 4. The van der Waals surface area contributed by atoms with Crippen LogP contribution in [-0.4, -0.2) is 17.0 Å². The largest absolute Gasteiger partial charge is 0.478 e. The summed E-state index contributed by atoms with van der Waals surface area (Å²) < 4.78 is 0. The van der Waals surface area contributed by atoms with Gasteiger partial charge in [-0.2, -0.15) is 5.26 Å². The fourth-order valence-electron chi connectivity index (χ4n) is 1.81. The van der Waals surface area contributed by atoms with Gasteiger partial charge in [-0.15, -0.1) is 0 Å². The lowest BCUT2D eigenvalue weighted by Crippen LogP contribution is -2.14. The first kappa shape index (κ1) is 16.6. The molecule has 0 aliphatic heterocycles. The van der Waals surface area contributed by atoms with E-state index in [-0.39, 0.29) is 11.1 Å². The second kappa shape index (κ2) is 7.47. The number of carboxylic acids is 1. The van der Waals surface area contributed by atoms with Crippen molar-refractivity contribution in [3.8, 4) is 6.07 Å². The highest BCUT2D eigenvalue weighted by Crippen LogP contribution is 2.13. The van der Waals surface area contributed by atoms with Crippen LogP contribution in [0.15, 0.2) is 60.3 Å². The summed E-state index contributed by atoms with van der Waals surface area (Å²) in [6.45, 7) is 0. The maximum Gasteiger partial charge on any atom is 0.335 e. The molecule has 0 heterocycles. The number of anilines is 3. The third-order valence-corrected chi connectivity index (χ3v) is 3.03. The first-order chi connectivity index (χ1) is 11.5. The van der Waals surface area contributed by atoms with Crippen molar-refractivity contribution in [2.45, 2.75) is 0 Å². The molecule has 2 aromatic carbocycles. The Morgan fingerprint density at radius 1 is 1.12 bits per heavy atom. The molecule has 24 heavy (non-hydrogen) atoms. The zero-order valence-electron chi connectivity index (χ0n) is 12.5. The fourth-order valence-corrected chi connectivity index (χ4v) is 1.81. The zero-order chi connectivity index (χ0) is 17.5. The fraction of sp³-hybridized carbons (Fsp3) is 0. The van der Waals surface area contributed by atoms with E-state index in [0.717, 1.165) is 0 Å².